The van der Waals surface area contributed by atoms with E-state index in [4.69, 9.17) is 27.8 Å². The van der Waals surface area contributed by atoms with Gasteiger partial charge in [-0.2, -0.15) is 15.2 Å². The highest BCUT2D eigenvalue weighted by Crippen LogP contribution is 2.43. The van der Waals surface area contributed by atoms with Gasteiger partial charge in [0.15, 0.2) is 11.6 Å². The van der Waals surface area contributed by atoms with Crippen LogP contribution in [0.3, 0.4) is 0 Å². The second-order valence-corrected chi connectivity index (χ2v) is 11.4. The Morgan fingerprint density at radius 3 is 2.49 bits per heavy atom. The van der Waals surface area contributed by atoms with Gasteiger partial charge in [0.25, 0.3) is 5.56 Å². The molecule has 2 aromatic heterocycles. The molecule has 1 saturated heterocycles. The molecule has 3 heterocycles. The van der Waals surface area contributed by atoms with Gasteiger partial charge < -0.3 is 31.4 Å². The predicted molar refractivity (Wildman–Crippen MR) is 151 cm³/mol. The topological polar surface area (TPSA) is 181 Å². The van der Waals surface area contributed by atoms with Crippen LogP contribution in [0.2, 0.25) is 5.02 Å². The third kappa shape index (κ3) is 5.62. The van der Waals surface area contributed by atoms with Gasteiger partial charge in [0.1, 0.15) is 34.4 Å². The number of aromatic nitrogens is 4. The molecule has 1 amide bonds. The number of piperazine rings is 1. The zero-order valence-electron chi connectivity index (χ0n) is 22.8. The van der Waals surface area contributed by atoms with Gasteiger partial charge in [0.2, 0.25) is 5.95 Å². The number of nitrogen functional groups attached to an aromatic ring is 2. The number of carbonyl (C=O) groups is 1. The summed E-state index contributed by atoms with van der Waals surface area (Å²) in [7, 11) is 0. The van der Waals surface area contributed by atoms with Crippen molar-refractivity contribution in [2.24, 2.45) is 5.92 Å². The van der Waals surface area contributed by atoms with Gasteiger partial charge >= 0.3 is 6.09 Å². The maximum Gasteiger partial charge on any atom is 0.410 e. The minimum atomic E-state index is -0.701. The van der Waals surface area contributed by atoms with Crippen molar-refractivity contribution in [2.45, 2.75) is 45.3 Å². The summed E-state index contributed by atoms with van der Waals surface area (Å²) in [5.41, 5.74) is 10.3. The lowest BCUT2D eigenvalue weighted by Gasteiger charge is -2.38. The largest absolute Gasteiger partial charge is 0.444 e. The molecule has 0 spiro atoms. The summed E-state index contributed by atoms with van der Waals surface area (Å²) in [6.45, 7) is 6.44. The van der Waals surface area contributed by atoms with Crippen LogP contribution >= 0.6 is 11.6 Å². The summed E-state index contributed by atoms with van der Waals surface area (Å²) in [4.78, 5) is 40.9. The number of carbonyl (C=O) groups excluding carboxylic acids is 1. The molecule has 2 fully saturated rings. The standard InChI is InChI=1S/C26H30ClFN10O3/c1-26(2,3)41-25(40)36-8-10-37(11-9-36)38-22(33-19-16(28)7-6-15(27)17(19)23(38)39)18(13-4-5-13)32-21-14(12-29)20(30)34-24(31)35-21/h6-7,13,18H,4-5,8-11H2,1-3H3,(H5,30,31,32,34,35)/t18-/m0/s1. The molecule has 1 saturated carbocycles. The Morgan fingerprint density at radius 2 is 1.88 bits per heavy atom. The first-order chi connectivity index (χ1) is 19.4. The zero-order chi connectivity index (χ0) is 29.6. The van der Waals surface area contributed by atoms with Crippen molar-refractivity contribution in [3.8, 4) is 6.07 Å². The number of nitriles is 1. The van der Waals surface area contributed by atoms with Crippen LogP contribution in [0.1, 0.15) is 51.0 Å². The van der Waals surface area contributed by atoms with E-state index in [0.29, 0.717) is 0 Å². The number of fused-ring (bicyclic) bond motifs is 1. The van der Waals surface area contributed by atoms with Crippen molar-refractivity contribution in [1.82, 2.24) is 24.5 Å². The van der Waals surface area contributed by atoms with Crippen molar-refractivity contribution >= 4 is 46.2 Å². The Balaban J connectivity index is 1.60. The minimum Gasteiger partial charge on any atom is -0.444 e. The molecule has 0 bridgehead atoms. The van der Waals surface area contributed by atoms with Gasteiger partial charge in [-0.05, 0) is 51.7 Å². The number of nitrogens with one attached hydrogen (secondary N) is 1. The third-order valence-corrected chi connectivity index (χ3v) is 7.16. The molecular formula is C26H30ClFN10O3. The summed E-state index contributed by atoms with van der Waals surface area (Å²) in [6.07, 6.45) is 1.12. The molecule has 5 rings (SSSR count). The van der Waals surface area contributed by atoms with Gasteiger partial charge in [0.05, 0.1) is 29.5 Å². The molecule has 1 aromatic carbocycles. The fourth-order valence-electron chi connectivity index (χ4n) is 4.79. The average molecular weight is 585 g/mol. The number of hydrogen-bond acceptors (Lipinski definition) is 11. The first-order valence-electron chi connectivity index (χ1n) is 13.1. The lowest BCUT2D eigenvalue weighted by molar-refractivity contribution is 0.0231. The lowest BCUT2D eigenvalue weighted by atomic mass is 10.1. The van der Waals surface area contributed by atoms with Crippen molar-refractivity contribution in [1.29, 1.82) is 5.26 Å². The van der Waals surface area contributed by atoms with E-state index in [0.717, 1.165) is 18.9 Å². The molecule has 41 heavy (non-hydrogen) atoms. The van der Waals surface area contributed by atoms with Crippen LogP contribution in [-0.4, -0.2) is 62.4 Å². The average Bonchev–Trinajstić information content (AvgIpc) is 3.73. The summed E-state index contributed by atoms with van der Waals surface area (Å²) in [5.74, 6) is -0.670. The van der Waals surface area contributed by atoms with E-state index in [1.54, 1.807) is 30.7 Å². The second kappa shape index (κ2) is 10.5. The fraction of sp³-hybridized carbons (Fsp3) is 0.462. The number of rotatable bonds is 5. The first-order valence-corrected chi connectivity index (χ1v) is 13.5. The van der Waals surface area contributed by atoms with Crippen LogP contribution in [0.4, 0.5) is 26.8 Å². The highest BCUT2D eigenvalue weighted by molar-refractivity contribution is 6.35. The zero-order valence-corrected chi connectivity index (χ0v) is 23.6. The van der Waals surface area contributed by atoms with E-state index < -0.39 is 29.1 Å². The number of halogens is 2. The SMILES string of the molecule is CC(C)(C)OC(=O)N1CCN(n2c([C@@H](Nc3nc(N)nc(N)c3C#N)C3CC3)nc3c(F)ccc(Cl)c3c2=O)CC1. The maximum absolute atomic E-state index is 15.0. The van der Waals surface area contributed by atoms with E-state index in [-0.39, 0.29) is 77.0 Å². The molecule has 5 N–H and O–H groups in total. The number of ether oxygens (including phenoxy) is 1. The van der Waals surface area contributed by atoms with Gasteiger partial charge in [0, 0.05) is 13.1 Å². The Labute approximate surface area is 239 Å². The molecule has 15 heteroatoms. The molecule has 1 atom stereocenters. The van der Waals surface area contributed by atoms with E-state index in [2.05, 4.69) is 20.3 Å². The van der Waals surface area contributed by atoms with E-state index in [9.17, 15) is 14.9 Å². The summed E-state index contributed by atoms with van der Waals surface area (Å²) in [5, 5.41) is 14.6. The molecule has 13 nitrogen and oxygen atoms in total. The van der Waals surface area contributed by atoms with Crippen molar-refractivity contribution < 1.29 is 13.9 Å². The van der Waals surface area contributed by atoms with Crippen molar-refractivity contribution in [3.63, 3.8) is 0 Å². The molecule has 1 aliphatic carbocycles. The summed E-state index contributed by atoms with van der Waals surface area (Å²) in [6, 6.07) is 3.78. The van der Waals surface area contributed by atoms with E-state index in [1.807, 2.05) is 6.07 Å². The minimum absolute atomic E-state index is 0.0140. The molecule has 0 radical (unpaired) electrons. The highest BCUT2D eigenvalue weighted by Gasteiger charge is 2.39. The molecule has 2 aliphatic rings. The molecular weight excluding hydrogens is 555 g/mol. The van der Waals surface area contributed by atoms with Crippen LogP contribution in [0.5, 0.6) is 0 Å². The molecule has 0 unspecified atom stereocenters. The maximum atomic E-state index is 15.0. The molecule has 1 aliphatic heterocycles. The fourth-order valence-corrected chi connectivity index (χ4v) is 5.02. The number of nitrogens with two attached hydrogens (primary N) is 2. The van der Waals surface area contributed by atoms with Crippen molar-refractivity contribution in [3.05, 3.63) is 44.7 Å². The Morgan fingerprint density at radius 1 is 1.20 bits per heavy atom. The van der Waals surface area contributed by atoms with Crippen LogP contribution in [-0.2, 0) is 4.74 Å². The van der Waals surface area contributed by atoms with Gasteiger partial charge in [-0.3, -0.25) is 4.79 Å². The monoisotopic (exact) mass is 584 g/mol. The number of anilines is 3. The summed E-state index contributed by atoms with van der Waals surface area (Å²) >= 11 is 6.38. The van der Waals surface area contributed by atoms with Crippen LogP contribution in [0.25, 0.3) is 10.9 Å². The van der Waals surface area contributed by atoms with Crippen molar-refractivity contribution in [2.75, 3.05) is 48.0 Å². The summed E-state index contributed by atoms with van der Waals surface area (Å²) < 4.78 is 21.9. The predicted octanol–water partition coefficient (Wildman–Crippen LogP) is 2.77. The number of nitrogens with zero attached hydrogens (tertiary/aromatic N) is 7. The van der Waals surface area contributed by atoms with Crippen LogP contribution in [0, 0.1) is 23.1 Å². The molecule has 216 valence electrons. The highest BCUT2D eigenvalue weighted by atomic mass is 35.5. The molecule has 3 aromatic rings. The number of amides is 1. The van der Waals surface area contributed by atoms with Crippen LogP contribution in [0.15, 0.2) is 16.9 Å². The van der Waals surface area contributed by atoms with Gasteiger partial charge in [-0.25, -0.2) is 18.8 Å². The van der Waals surface area contributed by atoms with Crippen LogP contribution < -0.4 is 27.4 Å². The van der Waals surface area contributed by atoms with E-state index in [1.165, 1.54) is 10.7 Å². The smallest absolute Gasteiger partial charge is 0.410 e. The van der Waals surface area contributed by atoms with E-state index >= 15 is 4.39 Å². The quantitative estimate of drug-likeness (QED) is 0.401. The normalized spacial score (nSPS) is 16.4. The van der Waals surface area contributed by atoms with Gasteiger partial charge in [-0.1, -0.05) is 11.6 Å². The van der Waals surface area contributed by atoms with Gasteiger partial charge in [-0.15, -0.1) is 0 Å². The Hall–Kier alpha value is -4.38. The Bertz CT molecular complexity index is 1620. The Kier molecular flexibility index (Phi) is 7.24. The second-order valence-electron chi connectivity index (χ2n) is 11.0. The number of hydrogen-bond donors (Lipinski definition) is 3. The lowest BCUT2D eigenvalue weighted by Crippen LogP contribution is -2.57. The first kappa shape index (κ1) is 28.2. The third-order valence-electron chi connectivity index (χ3n) is 6.85. The number of benzene rings is 1.